The Labute approximate surface area is 173 Å². The molecule has 0 saturated heterocycles. The Kier molecular flexibility index (Phi) is 5.34. The number of hydrogen-bond acceptors (Lipinski definition) is 6. The molecule has 0 aromatic heterocycles. The highest BCUT2D eigenvalue weighted by molar-refractivity contribution is 6.05. The lowest BCUT2D eigenvalue weighted by molar-refractivity contribution is -0.384. The van der Waals surface area contributed by atoms with Crippen molar-refractivity contribution < 1.29 is 19.2 Å². The van der Waals surface area contributed by atoms with Crippen molar-refractivity contribution in [1.29, 1.82) is 0 Å². The quantitative estimate of drug-likeness (QED) is 0.469. The van der Waals surface area contributed by atoms with Crippen LogP contribution in [0.25, 0.3) is 0 Å². The number of carbonyl (C=O) groups excluding carboxylic acids is 1. The molecule has 0 amide bonds. The third kappa shape index (κ3) is 3.82. The SMILES string of the molecule is CCOc1ccc(NC2C(=O)c3ccccc3OC2c2ccc([N+](=O)[O-])cc2)cc1. The molecule has 1 aliphatic heterocycles. The standard InChI is InChI=1S/C23H20N2O5/c1-2-29-18-13-9-16(10-14-18)24-21-22(26)19-5-3-4-6-20(19)30-23(21)15-7-11-17(12-8-15)25(27)28/h3-14,21,23-24H,2H2,1H3. The van der Waals surface area contributed by atoms with Crippen LogP contribution in [0.15, 0.2) is 72.8 Å². The average molecular weight is 404 g/mol. The number of anilines is 1. The third-order valence-electron chi connectivity index (χ3n) is 4.91. The van der Waals surface area contributed by atoms with Gasteiger partial charge in [-0.3, -0.25) is 14.9 Å². The molecule has 3 aromatic rings. The molecule has 2 atom stereocenters. The van der Waals surface area contributed by atoms with Crippen LogP contribution in [0.5, 0.6) is 11.5 Å². The molecule has 0 fully saturated rings. The summed E-state index contributed by atoms with van der Waals surface area (Å²) in [7, 11) is 0. The fraction of sp³-hybridized carbons (Fsp3) is 0.174. The van der Waals surface area contributed by atoms with E-state index in [1.54, 1.807) is 36.4 Å². The van der Waals surface area contributed by atoms with Crippen LogP contribution in [-0.2, 0) is 0 Å². The lowest BCUT2D eigenvalue weighted by Gasteiger charge is -2.33. The largest absolute Gasteiger partial charge is 0.494 e. The molecule has 7 heteroatoms. The summed E-state index contributed by atoms with van der Waals surface area (Å²) in [6, 6.07) is 19.8. The number of hydrogen-bond donors (Lipinski definition) is 1. The Balaban J connectivity index is 1.68. The van der Waals surface area contributed by atoms with E-state index in [0.29, 0.717) is 23.5 Å². The Bertz CT molecular complexity index is 1060. The van der Waals surface area contributed by atoms with Crippen LogP contribution < -0.4 is 14.8 Å². The van der Waals surface area contributed by atoms with E-state index in [1.165, 1.54) is 12.1 Å². The normalized spacial score (nSPS) is 17.6. The summed E-state index contributed by atoms with van der Waals surface area (Å²) in [5, 5.41) is 14.2. The minimum absolute atomic E-state index is 0.0164. The molecule has 0 spiro atoms. The van der Waals surface area contributed by atoms with E-state index in [2.05, 4.69) is 5.32 Å². The van der Waals surface area contributed by atoms with Gasteiger partial charge in [-0.15, -0.1) is 0 Å². The van der Waals surface area contributed by atoms with Gasteiger partial charge in [0.05, 0.1) is 17.1 Å². The Morgan fingerprint density at radius 1 is 1.03 bits per heavy atom. The number of nitrogens with one attached hydrogen (secondary N) is 1. The van der Waals surface area contributed by atoms with Gasteiger partial charge in [0, 0.05) is 17.8 Å². The topological polar surface area (TPSA) is 90.7 Å². The van der Waals surface area contributed by atoms with Crippen molar-refractivity contribution >= 4 is 17.2 Å². The number of para-hydroxylation sites is 1. The number of nitrogens with zero attached hydrogens (tertiary/aromatic N) is 1. The van der Waals surface area contributed by atoms with E-state index in [4.69, 9.17) is 9.47 Å². The summed E-state index contributed by atoms with van der Waals surface area (Å²) in [5.41, 5.74) is 1.90. The molecule has 1 aliphatic rings. The number of ether oxygens (including phenoxy) is 2. The third-order valence-corrected chi connectivity index (χ3v) is 4.91. The lowest BCUT2D eigenvalue weighted by Crippen LogP contribution is -2.42. The zero-order chi connectivity index (χ0) is 21.1. The van der Waals surface area contributed by atoms with Crippen LogP contribution in [0.3, 0.4) is 0 Å². The number of rotatable bonds is 6. The van der Waals surface area contributed by atoms with Gasteiger partial charge in [-0.2, -0.15) is 0 Å². The second-order valence-electron chi connectivity index (χ2n) is 6.83. The average Bonchev–Trinajstić information content (AvgIpc) is 2.77. The monoisotopic (exact) mass is 404 g/mol. The number of nitro groups is 1. The van der Waals surface area contributed by atoms with E-state index in [1.807, 2.05) is 31.2 Å². The zero-order valence-electron chi connectivity index (χ0n) is 16.3. The Morgan fingerprint density at radius 3 is 2.40 bits per heavy atom. The fourth-order valence-corrected chi connectivity index (χ4v) is 3.46. The summed E-state index contributed by atoms with van der Waals surface area (Å²) < 4.78 is 11.6. The van der Waals surface area contributed by atoms with Crippen LogP contribution in [0, 0.1) is 10.1 Å². The number of non-ortho nitro benzene ring substituents is 1. The minimum atomic E-state index is -0.695. The molecule has 1 heterocycles. The Morgan fingerprint density at radius 2 is 1.73 bits per heavy atom. The van der Waals surface area contributed by atoms with Crippen LogP contribution in [0.1, 0.15) is 28.9 Å². The summed E-state index contributed by atoms with van der Waals surface area (Å²) in [6.07, 6.45) is -0.639. The van der Waals surface area contributed by atoms with E-state index in [0.717, 1.165) is 11.4 Å². The van der Waals surface area contributed by atoms with Crippen LogP contribution in [0.4, 0.5) is 11.4 Å². The number of fused-ring (bicyclic) bond motifs is 1. The Hall–Kier alpha value is -3.87. The van der Waals surface area contributed by atoms with Crippen molar-refractivity contribution in [3.8, 4) is 11.5 Å². The lowest BCUT2D eigenvalue weighted by atomic mass is 9.91. The maximum atomic E-state index is 13.3. The summed E-state index contributed by atoms with van der Waals surface area (Å²) in [5.74, 6) is 1.14. The van der Waals surface area contributed by atoms with Gasteiger partial charge >= 0.3 is 0 Å². The minimum Gasteiger partial charge on any atom is -0.494 e. The van der Waals surface area contributed by atoms with E-state index in [9.17, 15) is 14.9 Å². The number of ketones is 1. The highest BCUT2D eigenvalue weighted by Crippen LogP contribution is 2.37. The van der Waals surface area contributed by atoms with Gasteiger partial charge in [-0.05, 0) is 61.0 Å². The molecular weight excluding hydrogens is 384 g/mol. The number of benzene rings is 3. The van der Waals surface area contributed by atoms with Crippen molar-refractivity contribution in [3.05, 3.63) is 94.0 Å². The summed E-state index contributed by atoms with van der Waals surface area (Å²) in [4.78, 5) is 23.8. The molecule has 0 aliphatic carbocycles. The van der Waals surface area contributed by atoms with E-state index in [-0.39, 0.29) is 11.5 Å². The summed E-state index contributed by atoms with van der Waals surface area (Å²) >= 11 is 0. The zero-order valence-corrected chi connectivity index (χ0v) is 16.3. The molecule has 1 N–H and O–H groups in total. The van der Waals surface area contributed by atoms with Gasteiger partial charge in [0.1, 0.15) is 17.5 Å². The molecular formula is C23H20N2O5. The molecule has 3 aromatic carbocycles. The first-order chi connectivity index (χ1) is 14.6. The fourth-order valence-electron chi connectivity index (χ4n) is 3.46. The second kappa shape index (κ2) is 8.24. The maximum Gasteiger partial charge on any atom is 0.269 e. The maximum absolute atomic E-state index is 13.3. The first kappa shape index (κ1) is 19.4. The van der Waals surface area contributed by atoms with Crippen molar-refractivity contribution in [2.75, 3.05) is 11.9 Å². The first-order valence-corrected chi connectivity index (χ1v) is 9.60. The van der Waals surface area contributed by atoms with Crippen molar-refractivity contribution in [2.45, 2.75) is 19.1 Å². The van der Waals surface area contributed by atoms with Crippen LogP contribution in [0.2, 0.25) is 0 Å². The van der Waals surface area contributed by atoms with Gasteiger partial charge in [0.2, 0.25) is 0 Å². The molecule has 0 radical (unpaired) electrons. The van der Waals surface area contributed by atoms with Gasteiger partial charge in [0.15, 0.2) is 11.9 Å². The summed E-state index contributed by atoms with van der Waals surface area (Å²) in [6.45, 7) is 2.48. The first-order valence-electron chi connectivity index (χ1n) is 9.60. The van der Waals surface area contributed by atoms with E-state index < -0.39 is 17.1 Å². The highest BCUT2D eigenvalue weighted by atomic mass is 16.6. The number of nitro benzene ring substituents is 1. The van der Waals surface area contributed by atoms with Crippen molar-refractivity contribution in [2.24, 2.45) is 0 Å². The molecule has 30 heavy (non-hydrogen) atoms. The second-order valence-corrected chi connectivity index (χ2v) is 6.83. The predicted octanol–water partition coefficient (Wildman–Crippen LogP) is 4.79. The molecule has 4 rings (SSSR count). The van der Waals surface area contributed by atoms with Crippen LogP contribution >= 0.6 is 0 Å². The van der Waals surface area contributed by atoms with Gasteiger partial charge in [-0.25, -0.2) is 0 Å². The number of carbonyl (C=O) groups is 1. The predicted molar refractivity (Wildman–Crippen MR) is 112 cm³/mol. The molecule has 2 unspecified atom stereocenters. The molecule has 0 bridgehead atoms. The van der Waals surface area contributed by atoms with Gasteiger partial charge < -0.3 is 14.8 Å². The van der Waals surface area contributed by atoms with Gasteiger partial charge in [-0.1, -0.05) is 12.1 Å². The number of Topliss-reactive ketones (excluding diaryl/α,β-unsaturated/α-hetero) is 1. The van der Waals surface area contributed by atoms with Crippen LogP contribution in [-0.4, -0.2) is 23.4 Å². The molecule has 152 valence electrons. The van der Waals surface area contributed by atoms with Crippen molar-refractivity contribution in [1.82, 2.24) is 0 Å². The molecule has 0 saturated carbocycles. The smallest absolute Gasteiger partial charge is 0.269 e. The highest BCUT2D eigenvalue weighted by Gasteiger charge is 2.38. The molecule has 7 nitrogen and oxygen atoms in total. The van der Waals surface area contributed by atoms with E-state index >= 15 is 0 Å². The van der Waals surface area contributed by atoms with Crippen molar-refractivity contribution in [3.63, 3.8) is 0 Å². The van der Waals surface area contributed by atoms with Gasteiger partial charge in [0.25, 0.3) is 5.69 Å².